The first-order chi connectivity index (χ1) is 6.27. The number of nitrogens with two attached hydrogens (primary N) is 2. The Bertz CT molecular complexity index is 319. The van der Waals surface area contributed by atoms with Gasteiger partial charge in [0.2, 0.25) is 0 Å². The second kappa shape index (κ2) is 6.39. The maximum Gasteiger partial charge on any atom is 0.0991 e. The fourth-order valence-corrected chi connectivity index (χ4v) is 1.19. The number of halogens is 1. The molecule has 0 saturated heterocycles. The van der Waals surface area contributed by atoms with E-state index in [2.05, 4.69) is 6.07 Å². The highest BCUT2D eigenvalue weighted by atomic mass is 35.5. The second-order valence-electron chi connectivity index (χ2n) is 2.92. The molecule has 14 heavy (non-hydrogen) atoms. The first-order valence-electron chi connectivity index (χ1n) is 4.23. The maximum atomic E-state index is 8.66. The van der Waals surface area contributed by atoms with Crippen molar-refractivity contribution < 1.29 is 0 Å². The lowest BCUT2D eigenvalue weighted by atomic mass is 10.0. The van der Waals surface area contributed by atoms with Crippen molar-refractivity contribution in [3.8, 4) is 6.07 Å². The van der Waals surface area contributed by atoms with E-state index in [1.807, 2.05) is 12.1 Å². The van der Waals surface area contributed by atoms with Crippen LogP contribution in [-0.4, -0.2) is 6.54 Å². The zero-order valence-corrected chi connectivity index (χ0v) is 8.63. The predicted molar refractivity (Wildman–Crippen MR) is 59.0 cm³/mol. The number of hydrogen-bond acceptors (Lipinski definition) is 3. The largest absolute Gasteiger partial charge is 0.330 e. The fourth-order valence-electron chi connectivity index (χ4n) is 1.19. The summed E-state index contributed by atoms with van der Waals surface area (Å²) in [6.45, 7) is 0.567. The van der Waals surface area contributed by atoms with Crippen LogP contribution in [0.4, 0.5) is 0 Å². The quantitative estimate of drug-likeness (QED) is 0.792. The molecule has 0 fully saturated rings. The number of benzene rings is 1. The molecule has 0 radical (unpaired) electrons. The molecule has 76 valence electrons. The van der Waals surface area contributed by atoms with Crippen LogP contribution >= 0.6 is 12.4 Å². The third-order valence-electron chi connectivity index (χ3n) is 1.92. The van der Waals surface area contributed by atoms with Gasteiger partial charge in [-0.2, -0.15) is 5.26 Å². The fraction of sp³-hybridized carbons (Fsp3) is 0.300. The van der Waals surface area contributed by atoms with Gasteiger partial charge in [-0.15, -0.1) is 12.4 Å². The van der Waals surface area contributed by atoms with E-state index in [0.717, 1.165) is 12.0 Å². The van der Waals surface area contributed by atoms with E-state index >= 15 is 0 Å². The van der Waals surface area contributed by atoms with E-state index in [4.69, 9.17) is 16.7 Å². The standard InChI is InChI=1S/C10H13N3.ClH/c11-5-4-10(13)9-3-1-2-8(6-9)7-12;/h1-3,6,10H,4-5,11,13H2;1H/t10-;/m0./s1. The van der Waals surface area contributed by atoms with Crippen molar-refractivity contribution in [2.45, 2.75) is 12.5 Å². The Labute approximate surface area is 90.1 Å². The molecular weight excluding hydrogens is 198 g/mol. The van der Waals surface area contributed by atoms with Gasteiger partial charge >= 0.3 is 0 Å². The zero-order valence-electron chi connectivity index (χ0n) is 7.81. The van der Waals surface area contributed by atoms with E-state index < -0.39 is 0 Å². The minimum absolute atomic E-state index is 0. The smallest absolute Gasteiger partial charge is 0.0991 e. The average molecular weight is 212 g/mol. The lowest BCUT2D eigenvalue weighted by Gasteiger charge is -2.10. The average Bonchev–Trinajstić information content (AvgIpc) is 2.18. The highest BCUT2D eigenvalue weighted by Gasteiger charge is 2.04. The lowest BCUT2D eigenvalue weighted by molar-refractivity contribution is 0.661. The molecule has 0 unspecified atom stereocenters. The van der Waals surface area contributed by atoms with Crippen LogP contribution in [0.25, 0.3) is 0 Å². The minimum atomic E-state index is -0.0571. The Morgan fingerprint density at radius 2 is 2.14 bits per heavy atom. The molecule has 0 saturated carbocycles. The van der Waals surface area contributed by atoms with Crippen molar-refractivity contribution in [3.63, 3.8) is 0 Å². The van der Waals surface area contributed by atoms with Gasteiger partial charge in [0.15, 0.2) is 0 Å². The van der Waals surface area contributed by atoms with E-state index in [-0.39, 0.29) is 18.4 Å². The Balaban J connectivity index is 0.00000169. The van der Waals surface area contributed by atoms with Crippen molar-refractivity contribution in [1.29, 1.82) is 5.26 Å². The first kappa shape index (κ1) is 12.9. The molecular formula is C10H14ClN3. The van der Waals surface area contributed by atoms with Crippen LogP contribution in [0.1, 0.15) is 23.6 Å². The van der Waals surface area contributed by atoms with Gasteiger partial charge in [-0.3, -0.25) is 0 Å². The summed E-state index contributed by atoms with van der Waals surface area (Å²) in [5.41, 5.74) is 12.9. The summed E-state index contributed by atoms with van der Waals surface area (Å²) in [5, 5.41) is 8.66. The summed E-state index contributed by atoms with van der Waals surface area (Å²) in [4.78, 5) is 0. The molecule has 0 amide bonds. The van der Waals surface area contributed by atoms with E-state index in [1.54, 1.807) is 12.1 Å². The summed E-state index contributed by atoms with van der Waals surface area (Å²) in [6.07, 6.45) is 0.745. The topological polar surface area (TPSA) is 75.8 Å². The molecule has 4 N–H and O–H groups in total. The number of hydrogen-bond donors (Lipinski definition) is 2. The summed E-state index contributed by atoms with van der Waals surface area (Å²) < 4.78 is 0. The van der Waals surface area contributed by atoms with Crippen LogP contribution in [0.5, 0.6) is 0 Å². The van der Waals surface area contributed by atoms with E-state index in [9.17, 15) is 0 Å². The highest BCUT2D eigenvalue weighted by molar-refractivity contribution is 5.85. The van der Waals surface area contributed by atoms with Gasteiger partial charge < -0.3 is 11.5 Å². The molecule has 0 aromatic heterocycles. The van der Waals surface area contributed by atoms with Crippen LogP contribution in [0.2, 0.25) is 0 Å². The molecule has 3 nitrogen and oxygen atoms in total. The second-order valence-corrected chi connectivity index (χ2v) is 2.92. The Morgan fingerprint density at radius 1 is 1.43 bits per heavy atom. The van der Waals surface area contributed by atoms with E-state index in [1.165, 1.54) is 0 Å². The van der Waals surface area contributed by atoms with Crippen molar-refractivity contribution in [1.82, 2.24) is 0 Å². The van der Waals surface area contributed by atoms with Gasteiger partial charge in [-0.05, 0) is 30.7 Å². The van der Waals surface area contributed by atoms with Crippen molar-refractivity contribution in [2.75, 3.05) is 6.54 Å². The monoisotopic (exact) mass is 211 g/mol. The van der Waals surface area contributed by atoms with Crippen LogP contribution in [0, 0.1) is 11.3 Å². The summed E-state index contributed by atoms with van der Waals surface area (Å²) in [6, 6.07) is 9.34. The molecule has 1 aromatic rings. The molecule has 1 rings (SSSR count). The van der Waals surface area contributed by atoms with Crippen molar-refractivity contribution in [3.05, 3.63) is 35.4 Å². The molecule has 0 heterocycles. The number of rotatable bonds is 3. The van der Waals surface area contributed by atoms with Crippen molar-refractivity contribution >= 4 is 12.4 Å². The third-order valence-corrected chi connectivity index (χ3v) is 1.92. The summed E-state index contributed by atoms with van der Waals surface area (Å²) in [5.74, 6) is 0. The van der Waals surface area contributed by atoms with Gasteiger partial charge in [-0.25, -0.2) is 0 Å². The molecule has 0 aliphatic rings. The van der Waals surface area contributed by atoms with Gasteiger partial charge in [0, 0.05) is 6.04 Å². The molecule has 0 aliphatic carbocycles. The van der Waals surface area contributed by atoms with Gasteiger partial charge in [0.25, 0.3) is 0 Å². The predicted octanol–water partition coefficient (Wildman–Crippen LogP) is 1.33. The molecule has 0 aliphatic heterocycles. The number of nitrogens with zero attached hydrogens (tertiary/aromatic N) is 1. The van der Waals surface area contributed by atoms with Gasteiger partial charge in [0.05, 0.1) is 11.6 Å². The maximum absolute atomic E-state index is 8.66. The van der Waals surface area contributed by atoms with Crippen LogP contribution in [-0.2, 0) is 0 Å². The Morgan fingerprint density at radius 3 is 2.71 bits per heavy atom. The normalized spacial score (nSPS) is 11.2. The SMILES string of the molecule is Cl.N#Cc1cccc([C@@H](N)CCN)c1. The molecule has 1 atom stereocenters. The number of nitriles is 1. The van der Waals surface area contributed by atoms with E-state index in [0.29, 0.717) is 12.1 Å². The van der Waals surface area contributed by atoms with Gasteiger partial charge in [0.1, 0.15) is 0 Å². The van der Waals surface area contributed by atoms with Crippen LogP contribution in [0.3, 0.4) is 0 Å². The Hall–Kier alpha value is -1.08. The minimum Gasteiger partial charge on any atom is -0.330 e. The van der Waals surface area contributed by atoms with Gasteiger partial charge in [-0.1, -0.05) is 12.1 Å². The molecule has 1 aromatic carbocycles. The third kappa shape index (κ3) is 3.35. The molecule has 4 heteroatoms. The summed E-state index contributed by atoms with van der Waals surface area (Å²) in [7, 11) is 0. The van der Waals surface area contributed by atoms with Crippen molar-refractivity contribution in [2.24, 2.45) is 11.5 Å². The molecule has 0 bridgehead atoms. The van der Waals surface area contributed by atoms with Crippen LogP contribution in [0.15, 0.2) is 24.3 Å². The highest BCUT2D eigenvalue weighted by Crippen LogP contribution is 2.14. The zero-order chi connectivity index (χ0) is 9.68. The van der Waals surface area contributed by atoms with Crippen LogP contribution < -0.4 is 11.5 Å². The Kier molecular flexibility index (Phi) is 5.89. The summed E-state index contributed by atoms with van der Waals surface area (Å²) >= 11 is 0. The first-order valence-corrected chi connectivity index (χ1v) is 4.23. The lowest BCUT2D eigenvalue weighted by Crippen LogP contribution is -2.15. The molecule has 0 spiro atoms.